The Morgan fingerprint density at radius 1 is 1.50 bits per heavy atom. The van der Waals surface area contributed by atoms with Crippen LogP contribution in [0.15, 0.2) is 12.1 Å². The largest absolute Gasteiger partial charge is 0.462 e. The van der Waals surface area contributed by atoms with E-state index in [9.17, 15) is 4.79 Å². The number of carbonyl (C=O) groups is 1. The van der Waals surface area contributed by atoms with Gasteiger partial charge in [-0.1, -0.05) is 6.92 Å². The summed E-state index contributed by atoms with van der Waals surface area (Å²) in [6, 6.07) is 5.58. The molecule has 0 saturated heterocycles. The molecule has 0 aliphatic heterocycles. The van der Waals surface area contributed by atoms with Crippen molar-refractivity contribution in [2.45, 2.75) is 20.3 Å². The van der Waals surface area contributed by atoms with E-state index in [-0.39, 0.29) is 5.97 Å². The highest BCUT2D eigenvalue weighted by Gasteiger charge is 2.13. The summed E-state index contributed by atoms with van der Waals surface area (Å²) >= 11 is 2.07. The van der Waals surface area contributed by atoms with E-state index in [1.54, 1.807) is 19.1 Å². The molecule has 1 rings (SSSR count). The molecule has 1 aromatic carbocycles. The first-order valence-electron chi connectivity index (χ1n) is 5.03. The van der Waals surface area contributed by atoms with Gasteiger partial charge in [-0.15, -0.1) is 0 Å². The number of benzene rings is 1. The van der Waals surface area contributed by atoms with Crippen LogP contribution >= 0.6 is 22.6 Å². The molecule has 84 valence electrons. The van der Waals surface area contributed by atoms with E-state index in [0.29, 0.717) is 17.7 Å². The highest BCUT2D eigenvalue weighted by Crippen LogP contribution is 2.20. The van der Waals surface area contributed by atoms with Crippen molar-refractivity contribution in [2.75, 3.05) is 6.61 Å². The van der Waals surface area contributed by atoms with Crippen LogP contribution in [0.25, 0.3) is 0 Å². The fraction of sp³-hybridized carbons (Fsp3) is 0.333. The lowest BCUT2D eigenvalue weighted by atomic mass is 10.0. The summed E-state index contributed by atoms with van der Waals surface area (Å²) in [6.07, 6.45) is 0.728. The minimum Gasteiger partial charge on any atom is -0.462 e. The third kappa shape index (κ3) is 2.73. The highest BCUT2D eigenvalue weighted by molar-refractivity contribution is 14.1. The smallest absolute Gasteiger partial charge is 0.338 e. The molecular formula is C12H12INO2. The summed E-state index contributed by atoms with van der Waals surface area (Å²) in [5.41, 5.74) is 2.05. The van der Waals surface area contributed by atoms with E-state index in [2.05, 4.69) is 28.7 Å². The van der Waals surface area contributed by atoms with Crippen molar-refractivity contribution in [3.05, 3.63) is 32.4 Å². The van der Waals surface area contributed by atoms with Crippen LogP contribution in [0.1, 0.15) is 35.3 Å². The van der Waals surface area contributed by atoms with Crippen LogP contribution in [-0.2, 0) is 11.2 Å². The molecule has 0 atom stereocenters. The van der Waals surface area contributed by atoms with Gasteiger partial charge < -0.3 is 4.74 Å². The molecule has 0 aromatic heterocycles. The van der Waals surface area contributed by atoms with Crippen LogP contribution in [0, 0.1) is 14.9 Å². The fourth-order valence-corrected chi connectivity index (χ4v) is 2.20. The quantitative estimate of drug-likeness (QED) is 0.633. The van der Waals surface area contributed by atoms with Crippen molar-refractivity contribution in [3.63, 3.8) is 0 Å². The minimum atomic E-state index is -0.334. The number of esters is 1. The standard InChI is InChI=1S/C12H12INO2/c1-3-8-5-9(12(15)16-4-2)6-11(13)10(8)7-14/h5-6H,3-4H2,1-2H3. The molecule has 0 amide bonds. The van der Waals surface area contributed by atoms with Crippen molar-refractivity contribution in [1.29, 1.82) is 5.26 Å². The van der Waals surface area contributed by atoms with Gasteiger partial charge in [-0.3, -0.25) is 0 Å². The third-order valence-electron chi connectivity index (χ3n) is 2.18. The number of hydrogen-bond donors (Lipinski definition) is 0. The van der Waals surface area contributed by atoms with Gasteiger partial charge in [0.25, 0.3) is 0 Å². The second-order valence-electron chi connectivity index (χ2n) is 3.18. The zero-order valence-electron chi connectivity index (χ0n) is 9.21. The van der Waals surface area contributed by atoms with Gasteiger partial charge in [0.1, 0.15) is 6.07 Å². The van der Waals surface area contributed by atoms with E-state index in [4.69, 9.17) is 10.00 Å². The van der Waals surface area contributed by atoms with Gasteiger partial charge in [0.05, 0.1) is 17.7 Å². The molecular weight excluding hydrogens is 317 g/mol. The summed E-state index contributed by atoms with van der Waals surface area (Å²) < 4.78 is 5.72. The average molecular weight is 329 g/mol. The maximum Gasteiger partial charge on any atom is 0.338 e. The Labute approximate surface area is 109 Å². The molecule has 0 unspecified atom stereocenters. The number of ether oxygens (including phenoxy) is 1. The molecule has 3 nitrogen and oxygen atoms in total. The molecule has 0 radical (unpaired) electrons. The van der Waals surface area contributed by atoms with Crippen molar-refractivity contribution >= 4 is 28.6 Å². The van der Waals surface area contributed by atoms with E-state index in [1.165, 1.54) is 0 Å². The Morgan fingerprint density at radius 2 is 2.19 bits per heavy atom. The Kier molecular flexibility index (Phi) is 4.74. The molecule has 0 N–H and O–H groups in total. The van der Waals surface area contributed by atoms with Gasteiger partial charge in [-0.2, -0.15) is 5.26 Å². The normalized spacial score (nSPS) is 9.62. The summed E-state index contributed by atoms with van der Waals surface area (Å²) in [7, 11) is 0. The lowest BCUT2D eigenvalue weighted by Gasteiger charge is -2.07. The molecule has 0 aliphatic carbocycles. The van der Waals surface area contributed by atoms with Gasteiger partial charge in [0.15, 0.2) is 0 Å². The molecule has 0 aliphatic rings. The molecule has 0 spiro atoms. The molecule has 0 saturated carbocycles. The van der Waals surface area contributed by atoms with Crippen LogP contribution < -0.4 is 0 Å². The number of nitrogens with zero attached hydrogens (tertiary/aromatic N) is 1. The third-order valence-corrected chi connectivity index (χ3v) is 3.03. The van der Waals surface area contributed by atoms with Gasteiger partial charge in [0, 0.05) is 3.57 Å². The monoisotopic (exact) mass is 329 g/mol. The number of halogens is 1. The molecule has 0 bridgehead atoms. The van der Waals surface area contributed by atoms with Gasteiger partial charge in [0.2, 0.25) is 0 Å². The predicted molar refractivity (Wildman–Crippen MR) is 69.2 cm³/mol. The van der Waals surface area contributed by atoms with E-state index < -0.39 is 0 Å². The summed E-state index contributed by atoms with van der Waals surface area (Å²) in [5.74, 6) is -0.334. The second-order valence-corrected chi connectivity index (χ2v) is 4.34. The summed E-state index contributed by atoms with van der Waals surface area (Å²) in [5, 5.41) is 8.99. The first-order valence-corrected chi connectivity index (χ1v) is 6.11. The van der Waals surface area contributed by atoms with E-state index in [0.717, 1.165) is 15.6 Å². The number of aryl methyl sites for hydroxylation is 1. The SMILES string of the molecule is CCOC(=O)c1cc(I)c(C#N)c(CC)c1. The molecule has 0 heterocycles. The van der Waals surface area contributed by atoms with Crippen molar-refractivity contribution in [1.82, 2.24) is 0 Å². The summed E-state index contributed by atoms with van der Waals surface area (Å²) in [6.45, 7) is 4.09. The average Bonchev–Trinajstić information content (AvgIpc) is 2.28. The Morgan fingerprint density at radius 3 is 2.69 bits per heavy atom. The Bertz CT molecular complexity index is 449. The van der Waals surface area contributed by atoms with Crippen LogP contribution in [-0.4, -0.2) is 12.6 Å². The molecule has 16 heavy (non-hydrogen) atoms. The van der Waals surface area contributed by atoms with Gasteiger partial charge in [-0.25, -0.2) is 4.79 Å². The number of rotatable bonds is 3. The number of hydrogen-bond acceptors (Lipinski definition) is 3. The minimum absolute atomic E-state index is 0.334. The van der Waals surface area contributed by atoms with Crippen LogP contribution in [0.3, 0.4) is 0 Å². The van der Waals surface area contributed by atoms with Crippen LogP contribution in [0.2, 0.25) is 0 Å². The van der Waals surface area contributed by atoms with E-state index >= 15 is 0 Å². The van der Waals surface area contributed by atoms with Gasteiger partial charge >= 0.3 is 5.97 Å². The second kappa shape index (κ2) is 5.85. The lowest BCUT2D eigenvalue weighted by Crippen LogP contribution is -2.07. The lowest BCUT2D eigenvalue weighted by molar-refractivity contribution is 0.0526. The van der Waals surface area contributed by atoms with Crippen molar-refractivity contribution in [3.8, 4) is 6.07 Å². The highest BCUT2D eigenvalue weighted by atomic mass is 127. The van der Waals surface area contributed by atoms with Gasteiger partial charge in [-0.05, 0) is 53.6 Å². The fourth-order valence-electron chi connectivity index (χ4n) is 1.40. The molecule has 0 fully saturated rings. The van der Waals surface area contributed by atoms with Crippen molar-refractivity contribution in [2.24, 2.45) is 0 Å². The van der Waals surface area contributed by atoms with Crippen LogP contribution in [0.5, 0.6) is 0 Å². The Hall–Kier alpha value is -1.09. The number of nitriles is 1. The summed E-state index contributed by atoms with van der Waals surface area (Å²) in [4.78, 5) is 11.6. The van der Waals surface area contributed by atoms with Crippen molar-refractivity contribution < 1.29 is 9.53 Å². The Balaban J connectivity index is 3.21. The maximum atomic E-state index is 11.6. The zero-order valence-corrected chi connectivity index (χ0v) is 11.4. The topological polar surface area (TPSA) is 50.1 Å². The first-order chi connectivity index (χ1) is 7.63. The van der Waals surface area contributed by atoms with E-state index in [1.807, 2.05) is 6.92 Å². The molecule has 4 heteroatoms. The predicted octanol–water partition coefficient (Wildman–Crippen LogP) is 2.90. The van der Waals surface area contributed by atoms with Crippen LogP contribution in [0.4, 0.5) is 0 Å². The zero-order chi connectivity index (χ0) is 12.1. The first kappa shape index (κ1) is 13.0. The number of carbonyl (C=O) groups excluding carboxylic acids is 1. The maximum absolute atomic E-state index is 11.6. The molecule has 1 aromatic rings.